The molecule has 0 aliphatic carbocycles. The molecule has 0 saturated heterocycles. The van der Waals surface area contributed by atoms with Crippen LogP contribution >= 0.6 is 861 Å². The van der Waals surface area contributed by atoms with Crippen LogP contribution in [0.3, 0.4) is 0 Å². The van der Waals surface area contributed by atoms with E-state index in [0.29, 0.717) is 0 Å². The van der Waals surface area contributed by atoms with E-state index in [1.165, 1.54) is 0 Å². The van der Waals surface area contributed by atoms with E-state index < -0.39 is 370 Å². The fourth-order valence-electron chi connectivity index (χ4n) is 6.63. The first-order valence-corrected chi connectivity index (χ1v) is 221. The van der Waals surface area contributed by atoms with E-state index in [0.717, 1.165) is 0 Å². The maximum Gasteiger partial charge on any atom is -0.000000205 e. The zero-order valence-electron chi connectivity index (χ0n) is 55.3. The van der Waals surface area contributed by atoms with Crippen molar-refractivity contribution in [2.24, 2.45) is 0 Å². The molecule has 0 heterocycles. The average Bonchev–Trinajstić information content (AvgIpc) is 0.705. The minimum absolute atomic E-state index is 0.455. The highest BCUT2D eigenvalue weighted by Crippen LogP contribution is 3.55. The van der Waals surface area contributed by atoms with Gasteiger partial charge in [0.1, 0.15) is 0 Å². The van der Waals surface area contributed by atoms with Gasteiger partial charge < -0.3 is 0 Å². The van der Waals surface area contributed by atoms with Crippen molar-refractivity contribution >= 4 is 861 Å². The van der Waals surface area contributed by atoms with E-state index in [-0.39, 0.29) is 0 Å². The Hall–Kier alpha value is 46.4. The predicted molar refractivity (Wildman–Crippen MR) is 898 cm³/mol. The maximum absolute atomic E-state index is 4.95. The zero-order valence-corrected chi connectivity index (χ0v) is 166. The molecule has 0 spiro atoms. The summed E-state index contributed by atoms with van der Waals surface area (Å²) in [6, 6.07) is 0. The highest BCUT2D eigenvalue weighted by molar-refractivity contribution is 9.61. The third-order valence-electron chi connectivity index (χ3n) is 9.60. The Morgan fingerprint density at radius 3 is 0.204 bits per heavy atom. The first-order chi connectivity index (χ1) is 49.1. The lowest BCUT2D eigenvalue weighted by Crippen LogP contribution is -1.77. The first-order valence-electron chi connectivity index (χ1n) is 24.5. The van der Waals surface area contributed by atoms with Gasteiger partial charge in [-0.05, 0) is 370 Å². The van der Waals surface area contributed by atoms with Crippen LogP contribution in [0.4, 0.5) is 0 Å². The second kappa shape index (κ2) is 84.5. The Labute approximate surface area is 847 Å². The van der Waals surface area contributed by atoms with Crippen molar-refractivity contribution in [3.05, 3.63) is 0 Å². The molecule has 0 saturated carbocycles. The Kier molecular flexibility index (Phi) is 121. The van der Waals surface area contributed by atoms with E-state index in [1.807, 2.05) is 0 Å². The van der Waals surface area contributed by atoms with Crippen molar-refractivity contribution in [3.8, 4) is 0 Å². The highest BCUT2D eigenvalue weighted by atomic mass is 33.7. The summed E-state index contributed by atoms with van der Waals surface area (Å²) in [7, 11) is 213. The Bertz CT molecular complexity index is 1870. The summed E-state index contributed by atoms with van der Waals surface area (Å²) in [5.74, 6) is 0. The lowest BCUT2D eigenvalue weighted by Gasteiger charge is -2.64. The monoisotopic (exact) mass is 3450 g/mol. The van der Waals surface area contributed by atoms with Crippen molar-refractivity contribution in [2.45, 2.75) is 0 Å². The summed E-state index contributed by atoms with van der Waals surface area (Å²) < 4.78 is 0. The molecule has 108 heteroatoms. The third-order valence-corrected chi connectivity index (χ3v) is 777. The molecule has 0 aromatic carbocycles. The van der Waals surface area contributed by atoms with Gasteiger partial charge in [0.15, 0.2) is 0 Å². The molecule has 0 rings (SSSR count). The zero-order chi connectivity index (χ0) is 85.6. The fourth-order valence-corrected chi connectivity index (χ4v) is 1610. The van der Waals surface area contributed by atoms with E-state index in [2.05, 4.69) is 473 Å². The summed E-state index contributed by atoms with van der Waals surface area (Å²) in [5, 5.41) is 0. The molecular formula is H108P108. The van der Waals surface area contributed by atoms with Crippen LogP contribution in [-0.4, -0.2) is 0 Å². The van der Waals surface area contributed by atoms with Crippen molar-refractivity contribution < 1.29 is 0 Å². The van der Waals surface area contributed by atoms with Crippen molar-refractivity contribution in [1.29, 1.82) is 0 Å². The molecule has 648 valence electrons. The molecule has 2 radical (unpaired) electrons. The summed E-state index contributed by atoms with van der Waals surface area (Å²) in [5.41, 5.74) is 0. The molecule has 0 bridgehead atoms. The van der Waals surface area contributed by atoms with E-state index in [1.54, 1.807) is 0 Å². The predicted octanol–water partition coefficient (Wildman–Crippen LogP) is 64.1. The molecule has 0 fully saturated rings. The van der Waals surface area contributed by atoms with Crippen LogP contribution in [0.2, 0.25) is 0 Å². The first kappa shape index (κ1) is 154. The highest BCUT2D eigenvalue weighted by Gasteiger charge is 2.68. The number of hydrogen-bond donors (Lipinski definition) is 0. The van der Waals surface area contributed by atoms with Crippen LogP contribution in [0.5, 0.6) is 0 Å². The molecular weight excluding hydrogens is 3350 g/mol. The van der Waals surface area contributed by atoms with Crippen LogP contribution in [-0.2, 0) is 0 Å². The number of rotatable bonds is 52. The summed E-state index contributed by atoms with van der Waals surface area (Å²) in [4.78, 5) is 0. The van der Waals surface area contributed by atoms with Crippen molar-refractivity contribution in [2.75, 3.05) is 0 Å². The fraction of sp³-hybridized carbons (Fsp3) is 0. The Morgan fingerprint density at radius 2 is 0.139 bits per heavy atom. The van der Waals surface area contributed by atoms with Crippen molar-refractivity contribution in [3.63, 3.8) is 0 Å². The standard InChI is InChI=1S/H108P108/c1-56(2)83(55)97(84(57(3)4)58(5)6)104(98(85(59(7)8)60(9)10)86(61(11)12)62(13)14)107(103(95(79(47)48)80(49)50)96(81(51)52)82(53)54)108(105(99(87(63(15)16)64(17)18)88(65(19)20)66(21)22)100(89(67(23)24)68(25)26)90(69(27)28)70(29)30)106(101(91(71(31)32)72(33)34)92(73(35)36)74(37)38)102(93(75(39)40)76(41)42)94(77(43)44)78(45)46/h1-2H,3-55H2. The topological polar surface area (TPSA) is 0 Å². The normalized spacial score (nSPS) is 15.8. The Morgan fingerprint density at radius 1 is 0.0833 bits per heavy atom. The lowest BCUT2D eigenvalue weighted by atomic mass is 28.3. The third kappa shape index (κ3) is 54.0. The smallest absolute Gasteiger partial charge is 0.000000205 e. The van der Waals surface area contributed by atoms with E-state index >= 15 is 0 Å². The van der Waals surface area contributed by atoms with Gasteiger partial charge in [0.05, 0.1) is 0 Å². The molecule has 0 aromatic heterocycles. The summed E-state index contributed by atoms with van der Waals surface area (Å²) in [6.45, 7) is -27.2. The second-order valence-electron chi connectivity index (χ2n) is 17.2. The summed E-state index contributed by atoms with van der Waals surface area (Å²) in [6.07, 6.45) is 0. The van der Waals surface area contributed by atoms with Crippen molar-refractivity contribution in [1.82, 2.24) is 0 Å². The molecule has 57 atom stereocenters. The average molecular weight is 3450 g/mol. The second-order valence-corrected chi connectivity index (χ2v) is 465. The van der Waals surface area contributed by atoms with Gasteiger partial charge in [-0.1, -0.05) is 17.9 Å². The van der Waals surface area contributed by atoms with Crippen LogP contribution < -0.4 is 0 Å². The van der Waals surface area contributed by atoms with Gasteiger partial charge in [0.25, 0.3) is 0 Å². The largest absolute Gasteiger partial charge is 0.102 e. The lowest BCUT2D eigenvalue weighted by molar-refractivity contribution is 4.28. The van der Waals surface area contributed by atoms with Gasteiger partial charge in [0, 0.05) is 0 Å². The minimum atomic E-state index is -0.738. The Balaban J connectivity index is 15.4. The van der Waals surface area contributed by atoms with Gasteiger partial charge in [-0.3, -0.25) is 0 Å². The SMILES string of the molecule is [PH]P([PH])P(P)P(P(P(P)P)P(P)P)P(P(P(P(P)P)P(P)P)P(P(P)P)P(P)P)P(P(P(P(P)P)P(P)P)P(P(P)P)P(P)P)P(P(P(P(P(P)P)P(P)P)P(P(P)P)P(P)P)P(P(P(P)P)P(P)P)P(P(P)P)P(P)P)P(P(P(P(P)P)P(P)P)P(P(P)P)P(P)P)P(P(P(P)P)P(P)P)P(P(P)P)P(P)P. The van der Waals surface area contributed by atoms with Crippen LogP contribution in [0.25, 0.3) is 0 Å². The van der Waals surface area contributed by atoms with Gasteiger partial charge in [0.2, 0.25) is 0 Å². The molecule has 108 heavy (non-hydrogen) atoms. The molecule has 0 nitrogen and oxygen atoms in total. The maximum atomic E-state index is 4.95. The van der Waals surface area contributed by atoms with Crippen LogP contribution in [0.1, 0.15) is 0 Å². The quantitative estimate of drug-likeness (QED) is 0.0533. The molecule has 0 aliphatic heterocycles. The molecule has 57 unspecified atom stereocenters. The van der Waals surface area contributed by atoms with Crippen LogP contribution in [0.15, 0.2) is 0 Å². The van der Waals surface area contributed by atoms with Crippen LogP contribution in [0, 0.1) is 0 Å². The molecule has 0 aromatic rings. The van der Waals surface area contributed by atoms with Gasteiger partial charge in [-0.2, -0.15) is 0 Å². The van der Waals surface area contributed by atoms with E-state index in [4.69, 9.17) is 17.9 Å². The molecule has 0 aliphatic rings. The van der Waals surface area contributed by atoms with Gasteiger partial charge in [-0.15, -0.1) is 473 Å². The number of hydrogen-bond acceptors (Lipinski definition) is 0. The van der Waals surface area contributed by atoms with E-state index in [9.17, 15) is 0 Å². The summed E-state index contributed by atoms with van der Waals surface area (Å²) >= 11 is 0. The minimum Gasteiger partial charge on any atom is -0.102 e. The molecule has 0 amide bonds. The molecule has 0 N–H and O–H groups in total. The van der Waals surface area contributed by atoms with Gasteiger partial charge >= 0.3 is 0 Å². The van der Waals surface area contributed by atoms with Gasteiger partial charge in [-0.25, -0.2) is 0 Å².